The van der Waals surface area contributed by atoms with Gasteiger partial charge in [-0.2, -0.15) is 0 Å². The summed E-state index contributed by atoms with van der Waals surface area (Å²) in [6, 6.07) is 6.92. The fourth-order valence-corrected chi connectivity index (χ4v) is 3.75. The minimum Gasteiger partial charge on any atom is -0.357 e. The zero-order chi connectivity index (χ0) is 13.6. The van der Waals surface area contributed by atoms with Crippen molar-refractivity contribution in [1.29, 1.82) is 0 Å². The van der Waals surface area contributed by atoms with Crippen LogP contribution in [0.2, 0.25) is 0 Å². The van der Waals surface area contributed by atoms with E-state index in [1.807, 2.05) is 11.9 Å². The summed E-state index contributed by atoms with van der Waals surface area (Å²) in [7, 11) is 1.89. The first-order valence-electron chi connectivity index (χ1n) is 7.35. The van der Waals surface area contributed by atoms with E-state index >= 15 is 0 Å². The zero-order valence-electron chi connectivity index (χ0n) is 12.0. The van der Waals surface area contributed by atoms with E-state index in [0.717, 1.165) is 12.1 Å². The molecule has 3 heteroatoms. The molecule has 0 unspecified atom stereocenters. The molecule has 0 saturated carbocycles. The molecule has 19 heavy (non-hydrogen) atoms. The van der Waals surface area contributed by atoms with Gasteiger partial charge in [-0.15, -0.1) is 0 Å². The minimum atomic E-state index is 0.211. The van der Waals surface area contributed by atoms with E-state index in [1.165, 1.54) is 24.1 Å². The normalized spacial score (nSPS) is 24.9. The highest BCUT2D eigenvalue weighted by Crippen LogP contribution is 2.50. The number of carbonyl (C=O) groups is 1. The van der Waals surface area contributed by atoms with E-state index in [9.17, 15) is 4.79 Å². The van der Waals surface area contributed by atoms with Crippen molar-refractivity contribution in [3.63, 3.8) is 0 Å². The minimum absolute atomic E-state index is 0.211. The molecule has 0 saturated heterocycles. The Morgan fingerprint density at radius 2 is 2.11 bits per heavy atom. The first kappa shape index (κ1) is 12.5. The van der Waals surface area contributed by atoms with Gasteiger partial charge >= 0.3 is 0 Å². The summed E-state index contributed by atoms with van der Waals surface area (Å²) in [5.74, 6) is 0.789. The Bertz CT molecular complexity index is 511. The Morgan fingerprint density at radius 1 is 1.32 bits per heavy atom. The number of benzene rings is 1. The molecule has 0 radical (unpaired) electrons. The van der Waals surface area contributed by atoms with Gasteiger partial charge in [0.05, 0.1) is 17.9 Å². The molecule has 0 aliphatic carbocycles. The molecule has 0 fully saturated rings. The number of likely N-dealkylation sites (N-methyl/N-ethyl adjacent to an activating group) is 1. The van der Waals surface area contributed by atoms with Gasteiger partial charge in [-0.05, 0) is 24.5 Å². The van der Waals surface area contributed by atoms with Crippen LogP contribution in [0, 0.1) is 0 Å². The van der Waals surface area contributed by atoms with Crippen LogP contribution in [0.15, 0.2) is 18.2 Å². The second kappa shape index (κ2) is 4.55. The summed E-state index contributed by atoms with van der Waals surface area (Å²) < 4.78 is 0. The van der Waals surface area contributed by atoms with Gasteiger partial charge < -0.3 is 9.80 Å². The second-order valence-electron chi connectivity index (χ2n) is 5.67. The predicted octanol–water partition coefficient (Wildman–Crippen LogP) is 3.15. The summed E-state index contributed by atoms with van der Waals surface area (Å²) in [6.45, 7) is 5.03. The number of hydrogen-bond donors (Lipinski definition) is 0. The lowest BCUT2D eigenvalue weighted by Crippen LogP contribution is -2.46. The maximum atomic E-state index is 12.2. The molecule has 2 aliphatic heterocycles. The monoisotopic (exact) mass is 258 g/mol. The molecular formula is C16H22N2O. The van der Waals surface area contributed by atoms with Gasteiger partial charge in [-0.3, -0.25) is 4.79 Å². The topological polar surface area (TPSA) is 23.6 Å². The molecule has 0 N–H and O–H groups in total. The van der Waals surface area contributed by atoms with Gasteiger partial charge in [-0.1, -0.05) is 32.4 Å². The molecular weight excluding hydrogens is 236 g/mol. The first-order chi connectivity index (χ1) is 9.19. The maximum absolute atomic E-state index is 12.2. The number of carbonyl (C=O) groups excluding carboxylic acids is 1. The van der Waals surface area contributed by atoms with Crippen LogP contribution >= 0.6 is 0 Å². The van der Waals surface area contributed by atoms with Gasteiger partial charge in [0.25, 0.3) is 0 Å². The molecule has 0 spiro atoms. The van der Waals surface area contributed by atoms with Crippen molar-refractivity contribution in [2.24, 2.45) is 0 Å². The van der Waals surface area contributed by atoms with Crippen molar-refractivity contribution in [1.82, 2.24) is 0 Å². The smallest absolute Gasteiger partial charge is 0.246 e. The van der Waals surface area contributed by atoms with Crippen LogP contribution < -0.4 is 9.80 Å². The van der Waals surface area contributed by atoms with Crippen LogP contribution in [0.4, 0.5) is 11.4 Å². The van der Waals surface area contributed by atoms with Crippen LogP contribution in [0.1, 0.15) is 44.6 Å². The van der Waals surface area contributed by atoms with E-state index < -0.39 is 0 Å². The fraction of sp³-hybridized carbons (Fsp3) is 0.562. The van der Waals surface area contributed by atoms with Crippen molar-refractivity contribution in [2.75, 3.05) is 23.4 Å². The number of para-hydroxylation sites is 1. The van der Waals surface area contributed by atoms with Gasteiger partial charge in [0.15, 0.2) is 0 Å². The summed E-state index contributed by atoms with van der Waals surface area (Å²) >= 11 is 0. The Labute approximate surface area is 115 Å². The van der Waals surface area contributed by atoms with Crippen LogP contribution in [-0.2, 0) is 4.79 Å². The van der Waals surface area contributed by atoms with Crippen molar-refractivity contribution >= 4 is 17.3 Å². The summed E-state index contributed by atoms with van der Waals surface area (Å²) in [4.78, 5) is 16.4. The largest absolute Gasteiger partial charge is 0.357 e. The zero-order valence-corrected chi connectivity index (χ0v) is 12.0. The molecule has 2 aliphatic rings. The summed E-state index contributed by atoms with van der Waals surface area (Å²) in [6.07, 6.45) is 3.49. The average Bonchev–Trinajstić information content (AvgIpc) is 2.71. The van der Waals surface area contributed by atoms with Crippen molar-refractivity contribution in [2.45, 2.75) is 45.1 Å². The summed E-state index contributed by atoms with van der Waals surface area (Å²) in [5, 5.41) is 0. The first-order valence-corrected chi connectivity index (χ1v) is 7.35. The van der Waals surface area contributed by atoms with Crippen molar-refractivity contribution in [3.8, 4) is 0 Å². The van der Waals surface area contributed by atoms with Gasteiger partial charge in [0.2, 0.25) is 5.91 Å². The number of anilines is 2. The van der Waals surface area contributed by atoms with E-state index in [2.05, 4.69) is 36.9 Å². The third-order valence-corrected chi connectivity index (χ3v) is 4.66. The van der Waals surface area contributed by atoms with E-state index in [4.69, 9.17) is 0 Å². The second-order valence-corrected chi connectivity index (χ2v) is 5.67. The van der Waals surface area contributed by atoms with E-state index in [1.54, 1.807) is 0 Å². The van der Waals surface area contributed by atoms with Gasteiger partial charge in [-0.25, -0.2) is 0 Å². The molecule has 102 valence electrons. The maximum Gasteiger partial charge on any atom is 0.246 e. The lowest BCUT2D eigenvalue weighted by molar-refractivity contribution is -0.117. The molecule has 1 aromatic carbocycles. The molecule has 0 aromatic heterocycles. The Kier molecular flexibility index (Phi) is 3.00. The van der Waals surface area contributed by atoms with Crippen molar-refractivity contribution in [3.05, 3.63) is 23.8 Å². The van der Waals surface area contributed by atoms with E-state index in [0.29, 0.717) is 18.5 Å². The highest BCUT2D eigenvalue weighted by molar-refractivity contribution is 6.04. The number of rotatable bonds is 3. The Balaban J connectivity index is 2.13. The molecule has 3 rings (SSSR count). The lowest BCUT2D eigenvalue weighted by atomic mass is 9.90. The molecule has 1 amide bonds. The number of nitrogens with zero attached hydrogens (tertiary/aromatic N) is 2. The summed E-state index contributed by atoms with van der Waals surface area (Å²) in [5.41, 5.74) is 3.85. The van der Waals surface area contributed by atoms with Gasteiger partial charge in [0, 0.05) is 19.0 Å². The third-order valence-electron chi connectivity index (χ3n) is 4.66. The average molecular weight is 258 g/mol. The van der Waals surface area contributed by atoms with Gasteiger partial charge in [0.1, 0.15) is 0 Å². The lowest BCUT2D eigenvalue weighted by Gasteiger charge is -2.36. The standard InChI is InChI=1S/C16H22N2O/c1-4-7-13-11(5-2)12-8-6-9-14-16(12)18(13)10-15(19)17(14)3/h6,8-9,11,13H,4-5,7,10H2,1-3H3/t11-,13-/m0/s1. The van der Waals surface area contributed by atoms with Crippen LogP contribution in [0.3, 0.4) is 0 Å². The highest BCUT2D eigenvalue weighted by Gasteiger charge is 2.42. The molecule has 3 nitrogen and oxygen atoms in total. The predicted molar refractivity (Wildman–Crippen MR) is 78.9 cm³/mol. The van der Waals surface area contributed by atoms with E-state index in [-0.39, 0.29) is 5.91 Å². The number of amides is 1. The Hall–Kier alpha value is -1.51. The van der Waals surface area contributed by atoms with Crippen LogP contribution in [0.25, 0.3) is 0 Å². The van der Waals surface area contributed by atoms with Crippen molar-refractivity contribution < 1.29 is 4.79 Å². The molecule has 1 aromatic rings. The quantitative estimate of drug-likeness (QED) is 0.831. The fourth-order valence-electron chi connectivity index (χ4n) is 3.75. The highest BCUT2D eigenvalue weighted by atomic mass is 16.2. The molecule has 2 atom stereocenters. The van der Waals surface area contributed by atoms with Crippen LogP contribution in [0.5, 0.6) is 0 Å². The number of hydrogen-bond acceptors (Lipinski definition) is 2. The third kappa shape index (κ3) is 1.67. The SMILES string of the molecule is CCC[C@H]1[C@@H](CC)c2cccc3c2N1CC(=O)N3C. The molecule has 2 heterocycles. The molecule has 0 bridgehead atoms. The van der Waals surface area contributed by atoms with Crippen LogP contribution in [-0.4, -0.2) is 25.5 Å². The Morgan fingerprint density at radius 3 is 2.79 bits per heavy atom.